The summed E-state index contributed by atoms with van der Waals surface area (Å²) in [6.07, 6.45) is 0. The summed E-state index contributed by atoms with van der Waals surface area (Å²) in [5.41, 5.74) is 1.51. The molecule has 0 aliphatic rings. The Morgan fingerprint density at radius 1 is 0.912 bits per heavy atom. The zero-order valence-electron chi connectivity index (χ0n) is 17.4. The largest absolute Gasteiger partial charge is 0.497 e. The molecule has 13 heteroatoms. The van der Waals surface area contributed by atoms with Crippen LogP contribution in [0, 0.1) is 20.2 Å². The van der Waals surface area contributed by atoms with Crippen LogP contribution in [0.5, 0.6) is 5.75 Å². The van der Waals surface area contributed by atoms with Gasteiger partial charge in [0, 0.05) is 11.6 Å². The Morgan fingerprint density at radius 3 is 2.18 bits per heavy atom. The van der Waals surface area contributed by atoms with E-state index >= 15 is 0 Å². The van der Waals surface area contributed by atoms with Crippen molar-refractivity contribution in [1.82, 2.24) is 0 Å². The molecule has 0 unspecified atom stereocenters. The molecule has 0 atom stereocenters. The van der Waals surface area contributed by atoms with Crippen molar-refractivity contribution < 1.29 is 29.0 Å². The van der Waals surface area contributed by atoms with E-state index in [2.05, 4.69) is 15.7 Å². The van der Waals surface area contributed by atoms with Crippen LogP contribution >= 0.6 is 0 Å². The molecule has 0 saturated carbocycles. The number of carbonyl (C=O) groups is 2. The maximum absolute atomic E-state index is 12.2. The van der Waals surface area contributed by atoms with Gasteiger partial charge in [-0.1, -0.05) is 0 Å². The van der Waals surface area contributed by atoms with Crippen molar-refractivity contribution in [2.24, 2.45) is 10.2 Å². The Bertz CT molecular complexity index is 1270. The Morgan fingerprint density at radius 2 is 1.59 bits per heavy atom. The third kappa shape index (κ3) is 5.73. The second-order valence-corrected chi connectivity index (χ2v) is 6.49. The Labute approximate surface area is 190 Å². The first kappa shape index (κ1) is 23.5. The third-order valence-corrected chi connectivity index (χ3v) is 4.33. The van der Waals surface area contributed by atoms with Crippen LogP contribution in [-0.2, 0) is 4.84 Å². The van der Waals surface area contributed by atoms with Crippen molar-refractivity contribution in [3.05, 3.63) is 98.1 Å². The Hall–Kier alpha value is -5.20. The predicted molar refractivity (Wildman–Crippen MR) is 117 cm³/mol. The quantitative estimate of drug-likeness (QED) is 0.282. The van der Waals surface area contributed by atoms with Crippen LogP contribution < -0.4 is 10.2 Å². The summed E-state index contributed by atoms with van der Waals surface area (Å²) in [5, 5.41) is 29.4. The smallest absolute Gasteiger partial charge is 0.369 e. The van der Waals surface area contributed by atoms with Gasteiger partial charge in [0.1, 0.15) is 11.3 Å². The van der Waals surface area contributed by atoms with Gasteiger partial charge in [-0.2, -0.15) is 0 Å². The zero-order chi connectivity index (χ0) is 24.7. The van der Waals surface area contributed by atoms with Gasteiger partial charge in [0.25, 0.3) is 17.3 Å². The van der Waals surface area contributed by atoms with Crippen molar-refractivity contribution in [3.63, 3.8) is 0 Å². The number of amides is 1. The predicted octanol–water partition coefficient (Wildman–Crippen LogP) is 4.62. The van der Waals surface area contributed by atoms with Gasteiger partial charge in [-0.15, -0.1) is 10.2 Å². The number of methoxy groups -OCH3 is 1. The fourth-order valence-electron chi connectivity index (χ4n) is 2.61. The molecule has 0 saturated heterocycles. The highest BCUT2D eigenvalue weighted by atomic mass is 16.7. The number of nitro groups is 2. The molecule has 0 spiro atoms. The summed E-state index contributed by atoms with van der Waals surface area (Å²) >= 11 is 0. The molecule has 172 valence electrons. The summed E-state index contributed by atoms with van der Waals surface area (Å²) in [5.74, 6) is -1.07. The van der Waals surface area contributed by atoms with Crippen LogP contribution in [0.1, 0.15) is 20.7 Å². The van der Waals surface area contributed by atoms with E-state index < -0.39 is 38.7 Å². The van der Waals surface area contributed by atoms with Gasteiger partial charge in [-0.05, 0) is 54.6 Å². The number of benzene rings is 3. The average molecular weight is 465 g/mol. The van der Waals surface area contributed by atoms with Crippen molar-refractivity contribution in [2.75, 3.05) is 12.6 Å². The molecular weight excluding hydrogens is 450 g/mol. The van der Waals surface area contributed by atoms with E-state index in [9.17, 15) is 29.8 Å². The molecule has 13 nitrogen and oxygen atoms in total. The standard InChI is InChI=1S/C21H15N5O8/c1-33-17-9-2-13(3-10-17)20(27)23-22-14-4-6-15(7-5-14)24-34-21(28)18-11-8-16(25(29)30)12-19(18)26(31)32/h2-12,24H,1H3. The van der Waals surface area contributed by atoms with Crippen LogP contribution in [0.2, 0.25) is 0 Å². The van der Waals surface area contributed by atoms with E-state index in [1.54, 1.807) is 24.3 Å². The van der Waals surface area contributed by atoms with Crippen LogP contribution in [0.3, 0.4) is 0 Å². The number of nitrogens with one attached hydrogen (secondary N) is 1. The van der Waals surface area contributed by atoms with Gasteiger partial charge >= 0.3 is 5.97 Å². The zero-order valence-corrected chi connectivity index (χ0v) is 17.4. The highest BCUT2D eigenvalue weighted by Gasteiger charge is 2.25. The molecule has 1 N–H and O–H groups in total. The number of ether oxygens (including phenoxy) is 1. The highest BCUT2D eigenvalue weighted by Crippen LogP contribution is 2.25. The van der Waals surface area contributed by atoms with Gasteiger partial charge in [0.05, 0.1) is 34.4 Å². The number of nitro benzene ring substituents is 2. The van der Waals surface area contributed by atoms with Crippen LogP contribution in [0.4, 0.5) is 22.7 Å². The lowest BCUT2D eigenvalue weighted by atomic mass is 10.1. The number of rotatable bonds is 8. The van der Waals surface area contributed by atoms with E-state index in [0.29, 0.717) is 28.8 Å². The topological polar surface area (TPSA) is 176 Å². The third-order valence-electron chi connectivity index (χ3n) is 4.33. The van der Waals surface area contributed by atoms with Crippen LogP contribution in [-0.4, -0.2) is 28.8 Å². The lowest BCUT2D eigenvalue weighted by molar-refractivity contribution is -0.394. The van der Waals surface area contributed by atoms with Crippen molar-refractivity contribution in [3.8, 4) is 5.75 Å². The molecule has 0 bridgehead atoms. The molecule has 3 rings (SSSR count). The van der Waals surface area contributed by atoms with Gasteiger partial charge in [0.15, 0.2) is 0 Å². The molecule has 0 heterocycles. The second kappa shape index (κ2) is 10.4. The van der Waals surface area contributed by atoms with Gasteiger partial charge in [0.2, 0.25) is 0 Å². The van der Waals surface area contributed by atoms with E-state index in [-0.39, 0.29) is 0 Å². The maximum atomic E-state index is 12.2. The fraction of sp³-hybridized carbons (Fsp3) is 0.0476. The van der Waals surface area contributed by atoms with Crippen LogP contribution in [0.25, 0.3) is 0 Å². The summed E-state index contributed by atoms with van der Waals surface area (Å²) in [4.78, 5) is 49.3. The van der Waals surface area contributed by atoms with Crippen LogP contribution in [0.15, 0.2) is 77.0 Å². The Kier molecular flexibility index (Phi) is 7.18. The van der Waals surface area contributed by atoms with E-state index in [4.69, 9.17) is 9.57 Å². The SMILES string of the molecule is COc1ccc(C(=O)N=Nc2ccc(NOC(=O)c3ccc([N+](=O)[O-])cc3[N+](=O)[O-])cc2)cc1. The van der Waals surface area contributed by atoms with E-state index in [1.165, 1.54) is 31.4 Å². The summed E-state index contributed by atoms with van der Waals surface area (Å²) in [6.45, 7) is 0. The fourth-order valence-corrected chi connectivity index (χ4v) is 2.61. The first-order valence-electron chi connectivity index (χ1n) is 9.38. The number of carbonyl (C=O) groups excluding carboxylic acids is 2. The van der Waals surface area contributed by atoms with Gasteiger partial charge in [-0.3, -0.25) is 25.0 Å². The minimum Gasteiger partial charge on any atom is -0.497 e. The normalized spacial score (nSPS) is 10.5. The molecule has 3 aromatic rings. The van der Waals surface area contributed by atoms with Crippen molar-refractivity contribution in [1.29, 1.82) is 0 Å². The number of anilines is 1. The summed E-state index contributed by atoms with van der Waals surface area (Å²) in [6, 6.07) is 14.8. The average Bonchev–Trinajstić information content (AvgIpc) is 2.86. The Balaban J connectivity index is 1.62. The van der Waals surface area contributed by atoms with Crippen molar-refractivity contribution in [2.45, 2.75) is 0 Å². The molecule has 3 aromatic carbocycles. The summed E-state index contributed by atoms with van der Waals surface area (Å²) in [7, 11) is 1.51. The minimum absolute atomic E-state index is 0.290. The molecule has 0 aliphatic heterocycles. The van der Waals surface area contributed by atoms with E-state index in [0.717, 1.165) is 12.1 Å². The second-order valence-electron chi connectivity index (χ2n) is 6.49. The lowest BCUT2D eigenvalue weighted by Gasteiger charge is -2.07. The number of hydrogen-bond donors (Lipinski definition) is 1. The maximum Gasteiger partial charge on any atom is 0.369 e. The molecular formula is C21H15N5O8. The monoisotopic (exact) mass is 465 g/mol. The molecule has 34 heavy (non-hydrogen) atoms. The van der Waals surface area contributed by atoms with Crippen molar-refractivity contribution >= 4 is 34.6 Å². The number of azo groups is 1. The number of non-ortho nitro benzene ring substituents is 1. The molecule has 0 aromatic heterocycles. The highest BCUT2D eigenvalue weighted by molar-refractivity contribution is 5.95. The summed E-state index contributed by atoms with van der Waals surface area (Å²) < 4.78 is 5.02. The first-order valence-corrected chi connectivity index (χ1v) is 9.38. The number of hydrogen-bond acceptors (Lipinski definition) is 10. The first-order chi connectivity index (χ1) is 16.3. The lowest BCUT2D eigenvalue weighted by Crippen LogP contribution is -2.12. The molecule has 1 amide bonds. The molecule has 0 radical (unpaired) electrons. The number of nitrogens with zero attached hydrogens (tertiary/aromatic N) is 4. The molecule has 0 aliphatic carbocycles. The van der Waals surface area contributed by atoms with Gasteiger partial charge in [-0.25, -0.2) is 10.3 Å². The molecule has 0 fully saturated rings. The van der Waals surface area contributed by atoms with Gasteiger partial charge < -0.3 is 9.57 Å². The minimum atomic E-state index is -1.12. The van der Waals surface area contributed by atoms with E-state index in [1.807, 2.05) is 0 Å².